The van der Waals surface area contributed by atoms with E-state index in [1.165, 1.54) is 6.92 Å². The van der Waals surface area contributed by atoms with Gasteiger partial charge >= 0.3 is 0 Å². The molecule has 2 rings (SSSR count). The molecule has 1 fully saturated rings. The predicted octanol–water partition coefficient (Wildman–Crippen LogP) is 0.599. The molecule has 7 heteroatoms. The Labute approximate surface area is 130 Å². The van der Waals surface area contributed by atoms with Crippen LogP contribution in [0.5, 0.6) is 5.88 Å². The number of ether oxygens (including phenoxy) is 1. The number of carbonyl (C=O) groups is 2. The minimum atomic E-state index is -0.204. The van der Waals surface area contributed by atoms with Crippen LogP contribution in [0.4, 0.5) is 0 Å². The van der Waals surface area contributed by atoms with Crippen LogP contribution in [0.2, 0.25) is 0 Å². The molecule has 1 aromatic rings. The van der Waals surface area contributed by atoms with Crippen LogP contribution in [0, 0.1) is 13.8 Å². The monoisotopic (exact) mass is 306 g/mol. The Morgan fingerprint density at radius 3 is 2.86 bits per heavy atom. The fourth-order valence-corrected chi connectivity index (χ4v) is 2.49. The van der Waals surface area contributed by atoms with Crippen molar-refractivity contribution in [2.75, 3.05) is 19.6 Å². The van der Waals surface area contributed by atoms with Crippen molar-refractivity contribution < 1.29 is 14.3 Å². The molecule has 1 aliphatic rings. The van der Waals surface area contributed by atoms with Gasteiger partial charge in [0.05, 0.1) is 13.1 Å². The second kappa shape index (κ2) is 7.20. The van der Waals surface area contributed by atoms with Crippen LogP contribution in [0.15, 0.2) is 6.07 Å². The highest BCUT2D eigenvalue weighted by Crippen LogP contribution is 2.17. The van der Waals surface area contributed by atoms with Crippen molar-refractivity contribution in [2.45, 2.75) is 39.7 Å². The van der Waals surface area contributed by atoms with E-state index in [1.807, 2.05) is 13.8 Å². The van der Waals surface area contributed by atoms with Crippen LogP contribution in [-0.4, -0.2) is 52.4 Å². The maximum Gasteiger partial charge on any atom is 0.242 e. The molecule has 120 valence electrons. The number of nitrogens with one attached hydrogen (secondary N) is 1. The van der Waals surface area contributed by atoms with Gasteiger partial charge in [0.1, 0.15) is 11.9 Å². The first kappa shape index (κ1) is 16.2. The maximum absolute atomic E-state index is 12.0. The third-order valence-electron chi connectivity index (χ3n) is 3.45. The first-order chi connectivity index (χ1) is 10.4. The standard InChI is InChI=1S/C15H22N4O3/c1-10-7-14(18-11(2)17-10)22-13-5-4-6-19(9-13)15(21)8-16-12(3)20/h7,13H,4-6,8-9H2,1-3H3,(H,16,20). The number of aryl methyl sites for hydroxylation is 2. The van der Waals surface area contributed by atoms with Gasteiger partial charge in [-0.15, -0.1) is 0 Å². The van der Waals surface area contributed by atoms with Crippen molar-refractivity contribution >= 4 is 11.8 Å². The quantitative estimate of drug-likeness (QED) is 0.880. The summed E-state index contributed by atoms with van der Waals surface area (Å²) in [6.45, 7) is 6.36. The summed E-state index contributed by atoms with van der Waals surface area (Å²) in [7, 11) is 0. The Hall–Kier alpha value is -2.18. The van der Waals surface area contributed by atoms with E-state index in [0.29, 0.717) is 24.8 Å². The Morgan fingerprint density at radius 2 is 2.18 bits per heavy atom. The van der Waals surface area contributed by atoms with Gasteiger partial charge in [-0.1, -0.05) is 0 Å². The summed E-state index contributed by atoms with van der Waals surface area (Å²) >= 11 is 0. The van der Waals surface area contributed by atoms with Crippen molar-refractivity contribution in [1.82, 2.24) is 20.2 Å². The zero-order chi connectivity index (χ0) is 16.1. The summed E-state index contributed by atoms with van der Waals surface area (Å²) in [6.07, 6.45) is 1.68. The lowest BCUT2D eigenvalue weighted by molar-refractivity contribution is -0.134. The van der Waals surface area contributed by atoms with E-state index in [-0.39, 0.29) is 24.5 Å². The third kappa shape index (κ3) is 4.68. The fourth-order valence-electron chi connectivity index (χ4n) is 2.49. The zero-order valence-corrected chi connectivity index (χ0v) is 13.3. The summed E-state index contributed by atoms with van der Waals surface area (Å²) < 4.78 is 5.89. The van der Waals surface area contributed by atoms with Crippen molar-refractivity contribution in [3.63, 3.8) is 0 Å². The number of nitrogens with zero attached hydrogens (tertiary/aromatic N) is 3. The highest BCUT2D eigenvalue weighted by Gasteiger charge is 2.25. The fraction of sp³-hybridized carbons (Fsp3) is 0.600. The summed E-state index contributed by atoms with van der Waals surface area (Å²) in [6, 6.07) is 1.80. The molecule has 0 spiro atoms. The first-order valence-electron chi connectivity index (χ1n) is 7.45. The van der Waals surface area contributed by atoms with Crippen LogP contribution in [-0.2, 0) is 9.59 Å². The molecule has 2 heterocycles. The van der Waals surface area contributed by atoms with E-state index < -0.39 is 0 Å². The number of amides is 2. The van der Waals surface area contributed by atoms with E-state index in [2.05, 4.69) is 15.3 Å². The Kier molecular flexibility index (Phi) is 5.30. The first-order valence-corrected chi connectivity index (χ1v) is 7.45. The smallest absolute Gasteiger partial charge is 0.242 e. The lowest BCUT2D eigenvalue weighted by atomic mass is 10.1. The molecule has 1 aliphatic heterocycles. The normalized spacial score (nSPS) is 18.0. The van der Waals surface area contributed by atoms with Crippen LogP contribution < -0.4 is 10.1 Å². The van der Waals surface area contributed by atoms with Crippen molar-refractivity contribution in [3.8, 4) is 5.88 Å². The van der Waals surface area contributed by atoms with Crippen LogP contribution in [0.1, 0.15) is 31.3 Å². The topological polar surface area (TPSA) is 84.4 Å². The molecule has 0 aliphatic carbocycles. The molecule has 1 saturated heterocycles. The zero-order valence-electron chi connectivity index (χ0n) is 13.3. The van der Waals surface area contributed by atoms with E-state index >= 15 is 0 Å². The highest BCUT2D eigenvalue weighted by atomic mass is 16.5. The molecule has 0 bridgehead atoms. The van der Waals surface area contributed by atoms with Crippen LogP contribution >= 0.6 is 0 Å². The maximum atomic E-state index is 12.0. The predicted molar refractivity (Wildman–Crippen MR) is 80.4 cm³/mol. The molecule has 0 saturated carbocycles. The Bertz CT molecular complexity index is 541. The average Bonchev–Trinajstić information content (AvgIpc) is 2.44. The minimum absolute atomic E-state index is 0.0355. The second-order valence-electron chi connectivity index (χ2n) is 5.53. The Morgan fingerprint density at radius 1 is 1.41 bits per heavy atom. The Balaban J connectivity index is 1.92. The number of likely N-dealkylation sites (tertiary alicyclic amines) is 1. The number of aromatic nitrogens is 2. The van der Waals surface area contributed by atoms with Gasteiger partial charge in [0.15, 0.2) is 0 Å². The van der Waals surface area contributed by atoms with Gasteiger partial charge in [-0.25, -0.2) is 4.98 Å². The molecule has 1 aromatic heterocycles. The largest absolute Gasteiger partial charge is 0.472 e. The summed E-state index contributed by atoms with van der Waals surface area (Å²) in [4.78, 5) is 33.1. The summed E-state index contributed by atoms with van der Waals surface area (Å²) in [5.74, 6) is 0.930. The minimum Gasteiger partial charge on any atom is -0.472 e. The number of hydrogen-bond acceptors (Lipinski definition) is 5. The molecule has 22 heavy (non-hydrogen) atoms. The van der Waals surface area contributed by atoms with Gasteiger partial charge in [-0.05, 0) is 26.7 Å². The molecule has 1 N–H and O–H groups in total. The van der Waals surface area contributed by atoms with Crippen molar-refractivity contribution in [2.24, 2.45) is 0 Å². The lowest BCUT2D eigenvalue weighted by Crippen LogP contribution is -2.47. The SMILES string of the molecule is CC(=O)NCC(=O)N1CCCC(Oc2cc(C)nc(C)n2)C1. The van der Waals surface area contributed by atoms with Crippen LogP contribution in [0.3, 0.4) is 0 Å². The van der Waals surface area contributed by atoms with Gasteiger partial charge in [-0.2, -0.15) is 4.98 Å². The van der Waals surface area contributed by atoms with Crippen molar-refractivity contribution in [3.05, 3.63) is 17.6 Å². The number of carbonyl (C=O) groups excluding carboxylic acids is 2. The van der Waals surface area contributed by atoms with Gasteiger partial charge in [0, 0.05) is 25.2 Å². The average molecular weight is 306 g/mol. The van der Waals surface area contributed by atoms with E-state index in [9.17, 15) is 9.59 Å². The highest BCUT2D eigenvalue weighted by molar-refractivity contribution is 5.83. The van der Waals surface area contributed by atoms with E-state index in [1.54, 1.807) is 11.0 Å². The molecule has 0 radical (unpaired) electrons. The number of hydrogen-bond donors (Lipinski definition) is 1. The van der Waals surface area contributed by atoms with Crippen LogP contribution in [0.25, 0.3) is 0 Å². The molecule has 1 unspecified atom stereocenters. The van der Waals surface area contributed by atoms with Gasteiger partial charge in [0.25, 0.3) is 0 Å². The van der Waals surface area contributed by atoms with E-state index in [0.717, 1.165) is 18.5 Å². The van der Waals surface area contributed by atoms with E-state index in [4.69, 9.17) is 4.74 Å². The molecule has 0 aromatic carbocycles. The number of rotatable bonds is 4. The second-order valence-corrected chi connectivity index (χ2v) is 5.53. The molecule has 2 amide bonds. The molecular formula is C15H22N4O3. The van der Waals surface area contributed by atoms with Gasteiger partial charge in [0.2, 0.25) is 17.7 Å². The third-order valence-corrected chi connectivity index (χ3v) is 3.45. The van der Waals surface area contributed by atoms with Crippen molar-refractivity contribution in [1.29, 1.82) is 0 Å². The summed E-state index contributed by atoms with van der Waals surface area (Å²) in [5.41, 5.74) is 0.858. The lowest BCUT2D eigenvalue weighted by Gasteiger charge is -2.32. The molecular weight excluding hydrogens is 284 g/mol. The van der Waals surface area contributed by atoms with Gasteiger partial charge in [-0.3, -0.25) is 9.59 Å². The van der Waals surface area contributed by atoms with Gasteiger partial charge < -0.3 is 15.0 Å². The number of piperidine rings is 1. The molecule has 7 nitrogen and oxygen atoms in total. The summed E-state index contributed by atoms with van der Waals surface area (Å²) in [5, 5.41) is 2.53. The molecule has 1 atom stereocenters.